The molecule has 1 heterocycles. The van der Waals surface area contributed by atoms with Crippen LogP contribution in [-0.2, 0) is 22.1 Å². The molecule has 1 N–H and O–H groups in total. The van der Waals surface area contributed by atoms with E-state index in [0.29, 0.717) is 17.5 Å². The summed E-state index contributed by atoms with van der Waals surface area (Å²) in [6.45, 7) is 2.57. The summed E-state index contributed by atoms with van der Waals surface area (Å²) < 4.78 is 13.3. The summed E-state index contributed by atoms with van der Waals surface area (Å²) in [5.41, 5.74) is 2.92. The molecule has 2 aromatic rings. The van der Waals surface area contributed by atoms with E-state index in [-0.39, 0.29) is 5.75 Å². The fourth-order valence-electron chi connectivity index (χ4n) is 1.88. The molecule has 0 amide bonds. The van der Waals surface area contributed by atoms with E-state index < -0.39 is 16.8 Å². The molecule has 0 bridgehead atoms. The van der Waals surface area contributed by atoms with Crippen LogP contribution in [0.5, 0.6) is 0 Å². The number of hydrogen-bond acceptors (Lipinski definition) is 4. The molecule has 20 heavy (non-hydrogen) atoms. The number of aryl methyl sites for hydroxylation is 2. The van der Waals surface area contributed by atoms with E-state index >= 15 is 0 Å². The summed E-state index contributed by atoms with van der Waals surface area (Å²) in [6, 6.07) is 5.92. The Kier molecular flexibility index (Phi) is 4.82. The summed E-state index contributed by atoms with van der Waals surface area (Å²) in [7, 11) is -0.894. The summed E-state index contributed by atoms with van der Waals surface area (Å²) in [4.78, 5) is 15.2. The maximum atomic E-state index is 11.3. The third-order valence-electron chi connectivity index (χ3n) is 2.80. The van der Waals surface area contributed by atoms with Crippen LogP contribution < -0.4 is 0 Å². The fourth-order valence-corrected chi connectivity index (χ4v) is 3.08. The highest BCUT2D eigenvalue weighted by atomic mass is 32.2. The second-order valence-corrected chi connectivity index (χ2v) is 7.00. The fraction of sp³-hybridized carbons (Fsp3) is 0.385. The van der Waals surface area contributed by atoms with Crippen molar-refractivity contribution in [3.8, 4) is 0 Å². The van der Waals surface area contributed by atoms with E-state index in [0.717, 1.165) is 16.6 Å². The van der Waals surface area contributed by atoms with Gasteiger partial charge in [0.05, 0.1) is 16.8 Å². The number of carboxylic acid groups (broad SMARTS) is 1. The maximum absolute atomic E-state index is 11.3. The van der Waals surface area contributed by atoms with Gasteiger partial charge in [-0.05, 0) is 24.6 Å². The van der Waals surface area contributed by atoms with Gasteiger partial charge >= 0.3 is 5.97 Å². The van der Waals surface area contributed by atoms with Gasteiger partial charge in [0.15, 0.2) is 5.16 Å². The van der Waals surface area contributed by atoms with Gasteiger partial charge in [-0.2, -0.15) is 0 Å². The number of aromatic nitrogens is 2. The quantitative estimate of drug-likeness (QED) is 0.825. The van der Waals surface area contributed by atoms with Crippen molar-refractivity contribution < 1.29 is 14.1 Å². The summed E-state index contributed by atoms with van der Waals surface area (Å²) in [5, 5.41) is 9.46. The number of carbonyl (C=O) groups is 1. The van der Waals surface area contributed by atoms with Crippen LogP contribution in [0, 0.1) is 6.92 Å². The predicted octanol–water partition coefficient (Wildman–Crippen LogP) is 1.90. The van der Waals surface area contributed by atoms with E-state index in [1.807, 2.05) is 29.7 Å². The summed E-state index contributed by atoms with van der Waals surface area (Å²) >= 11 is 1.19. The molecule has 0 aliphatic rings. The minimum atomic E-state index is -0.894. The minimum Gasteiger partial charge on any atom is -0.481 e. The van der Waals surface area contributed by atoms with Gasteiger partial charge in [0.2, 0.25) is 0 Å². The molecule has 0 saturated heterocycles. The number of rotatable bonds is 6. The van der Waals surface area contributed by atoms with Crippen LogP contribution in [0.25, 0.3) is 11.0 Å². The Morgan fingerprint density at radius 2 is 2.25 bits per heavy atom. The molecule has 108 valence electrons. The number of imidazole rings is 1. The van der Waals surface area contributed by atoms with Crippen molar-refractivity contribution in [2.75, 3.05) is 17.8 Å². The van der Waals surface area contributed by atoms with Crippen molar-refractivity contribution in [1.29, 1.82) is 0 Å². The van der Waals surface area contributed by atoms with Crippen LogP contribution in [-0.4, -0.2) is 42.6 Å². The number of hydrogen-bond donors (Lipinski definition) is 1. The van der Waals surface area contributed by atoms with Crippen molar-refractivity contribution in [2.24, 2.45) is 0 Å². The van der Waals surface area contributed by atoms with Gasteiger partial charge in [-0.3, -0.25) is 9.00 Å². The van der Waals surface area contributed by atoms with Crippen LogP contribution in [0.2, 0.25) is 0 Å². The maximum Gasteiger partial charge on any atom is 0.313 e. The van der Waals surface area contributed by atoms with Crippen molar-refractivity contribution >= 4 is 39.6 Å². The number of aliphatic carboxylic acids is 1. The average Bonchev–Trinajstić information content (AvgIpc) is 2.71. The highest BCUT2D eigenvalue weighted by Gasteiger charge is 2.13. The lowest BCUT2D eigenvalue weighted by Crippen LogP contribution is -2.08. The molecule has 0 aliphatic heterocycles. The second-order valence-electron chi connectivity index (χ2n) is 4.50. The Morgan fingerprint density at radius 3 is 2.90 bits per heavy atom. The first-order chi connectivity index (χ1) is 9.47. The van der Waals surface area contributed by atoms with Gasteiger partial charge in [-0.25, -0.2) is 4.98 Å². The molecule has 0 aliphatic carbocycles. The number of fused-ring (bicyclic) bond motifs is 1. The van der Waals surface area contributed by atoms with E-state index in [1.54, 1.807) is 6.26 Å². The number of carboxylic acids is 1. The zero-order chi connectivity index (χ0) is 14.7. The Labute approximate surface area is 123 Å². The smallest absolute Gasteiger partial charge is 0.313 e. The molecule has 2 rings (SSSR count). The molecule has 0 fully saturated rings. The van der Waals surface area contributed by atoms with Gasteiger partial charge in [-0.15, -0.1) is 0 Å². The van der Waals surface area contributed by atoms with Crippen molar-refractivity contribution in [2.45, 2.75) is 18.6 Å². The van der Waals surface area contributed by atoms with Crippen LogP contribution in [0.3, 0.4) is 0 Å². The molecule has 1 aromatic heterocycles. The normalized spacial score (nSPS) is 12.7. The van der Waals surface area contributed by atoms with Crippen LogP contribution >= 0.6 is 11.8 Å². The first kappa shape index (κ1) is 15.1. The molecule has 0 saturated carbocycles. The zero-order valence-electron chi connectivity index (χ0n) is 11.3. The lowest BCUT2D eigenvalue weighted by atomic mass is 10.2. The van der Waals surface area contributed by atoms with Crippen LogP contribution in [0.15, 0.2) is 23.4 Å². The molecular formula is C13H16N2O3S2. The van der Waals surface area contributed by atoms with Gasteiger partial charge in [0, 0.05) is 29.4 Å². The Morgan fingerprint density at radius 1 is 1.50 bits per heavy atom. The SMILES string of the molecule is Cc1ccc2nc(SCC(=O)O)n(CCS(C)=O)c2c1. The molecule has 0 spiro atoms. The highest BCUT2D eigenvalue weighted by molar-refractivity contribution is 7.99. The second kappa shape index (κ2) is 6.41. The van der Waals surface area contributed by atoms with E-state index in [2.05, 4.69) is 4.98 Å². The first-order valence-electron chi connectivity index (χ1n) is 6.09. The van der Waals surface area contributed by atoms with E-state index in [4.69, 9.17) is 5.11 Å². The molecule has 0 radical (unpaired) electrons. The molecule has 1 unspecified atom stereocenters. The van der Waals surface area contributed by atoms with E-state index in [1.165, 1.54) is 11.8 Å². The minimum absolute atomic E-state index is 0.0302. The molecule has 5 nitrogen and oxygen atoms in total. The topological polar surface area (TPSA) is 72.2 Å². The number of thioether (sulfide) groups is 1. The van der Waals surface area contributed by atoms with Crippen molar-refractivity contribution in [3.63, 3.8) is 0 Å². The molecule has 1 atom stereocenters. The largest absolute Gasteiger partial charge is 0.481 e. The van der Waals surface area contributed by atoms with Crippen molar-refractivity contribution in [1.82, 2.24) is 9.55 Å². The van der Waals surface area contributed by atoms with Crippen molar-refractivity contribution in [3.05, 3.63) is 23.8 Å². The van der Waals surface area contributed by atoms with Crippen LogP contribution in [0.1, 0.15) is 5.56 Å². The van der Waals surface area contributed by atoms with Crippen LogP contribution in [0.4, 0.5) is 0 Å². The zero-order valence-corrected chi connectivity index (χ0v) is 13.0. The van der Waals surface area contributed by atoms with Gasteiger partial charge in [0.25, 0.3) is 0 Å². The summed E-state index contributed by atoms with van der Waals surface area (Å²) in [6.07, 6.45) is 1.66. The number of nitrogens with zero attached hydrogens (tertiary/aromatic N) is 2. The van der Waals surface area contributed by atoms with Gasteiger partial charge in [-0.1, -0.05) is 17.8 Å². The Balaban J connectivity index is 2.40. The Hall–Kier alpha value is -1.34. The lowest BCUT2D eigenvalue weighted by Gasteiger charge is -2.07. The monoisotopic (exact) mass is 312 g/mol. The first-order valence-corrected chi connectivity index (χ1v) is 8.80. The van der Waals surface area contributed by atoms with Gasteiger partial charge in [0.1, 0.15) is 0 Å². The van der Waals surface area contributed by atoms with E-state index in [9.17, 15) is 9.00 Å². The molecule has 7 heteroatoms. The standard InChI is InChI=1S/C13H16N2O3S2/c1-9-3-4-10-11(7-9)15(5-6-20(2)18)13(14-10)19-8-12(16)17/h3-4,7H,5-6,8H2,1-2H3,(H,16,17). The predicted molar refractivity (Wildman–Crippen MR) is 81.8 cm³/mol. The third-order valence-corrected chi connectivity index (χ3v) is 4.51. The molecular weight excluding hydrogens is 296 g/mol. The Bertz CT molecular complexity index is 667. The number of benzene rings is 1. The average molecular weight is 312 g/mol. The third kappa shape index (κ3) is 3.61. The lowest BCUT2D eigenvalue weighted by molar-refractivity contribution is -0.133. The van der Waals surface area contributed by atoms with Gasteiger partial charge < -0.3 is 9.67 Å². The highest BCUT2D eigenvalue weighted by Crippen LogP contribution is 2.24. The molecule has 1 aromatic carbocycles. The summed E-state index contributed by atoms with van der Waals surface area (Å²) in [5.74, 6) is -0.374.